The molecule has 1 heterocycles. The van der Waals surface area contributed by atoms with Crippen LogP contribution in [0.3, 0.4) is 0 Å². The van der Waals surface area contributed by atoms with E-state index in [1.807, 2.05) is 19.2 Å². The van der Waals surface area contributed by atoms with E-state index >= 15 is 0 Å². The first-order chi connectivity index (χ1) is 7.22. The number of para-hydroxylation sites is 1. The number of rotatable bonds is 2. The number of benzene rings is 1. The van der Waals surface area contributed by atoms with Gasteiger partial charge >= 0.3 is 0 Å². The maximum absolute atomic E-state index is 11.7. The molecular weight excluding hydrogens is 232 g/mol. The van der Waals surface area contributed by atoms with E-state index in [0.717, 1.165) is 10.6 Å². The van der Waals surface area contributed by atoms with E-state index in [1.54, 1.807) is 17.8 Å². The van der Waals surface area contributed by atoms with Crippen molar-refractivity contribution in [2.24, 2.45) is 0 Å². The fraction of sp³-hybridized carbons (Fsp3) is 0.300. The van der Waals surface area contributed by atoms with E-state index < -0.39 is 0 Å². The summed E-state index contributed by atoms with van der Waals surface area (Å²) in [6.07, 6.45) is 0. The first-order valence-electron chi connectivity index (χ1n) is 4.63. The van der Waals surface area contributed by atoms with Crippen LogP contribution in [0.5, 0.6) is 0 Å². The van der Waals surface area contributed by atoms with Gasteiger partial charge < -0.3 is 10.6 Å². The number of thioether (sulfide) groups is 1. The molecule has 0 saturated heterocycles. The number of amides is 1. The third-order valence-corrected chi connectivity index (χ3v) is 3.75. The molecule has 1 aliphatic heterocycles. The number of carbonyl (C=O) groups excluding carboxylic acids is 1. The Balaban J connectivity index is 2.30. The average molecular weight is 243 g/mol. The minimum Gasteiger partial charge on any atom is -0.323 e. The lowest BCUT2D eigenvalue weighted by Crippen LogP contribution is -2.36. The van der Waals surface area contributed by atoms with Crippen molar-refractivity contribution in [2.75, 3.05) is 18.9 Å². The highest BCUT2D eigenvalue weighted by atomic mass is 35.5. The lowest BCUT2D eigenvalue weighted by molar-refractivity contribution is -0.115. The van der Waals surface area contributed by atoms with E-state index in [1.165, 1.54) is 0 Å². The van der Waals surface area contributed by atoms with Crippen molar-refractivity contribution < 1.29 is 4.79 Å². The molecule has 5 heteroatoms. The highest BCUT2D eigenvalue weighted by Crippen LogP contribution is 2.39. The molecule has 1 amide bonds. The quantitative estimate of drug-likeness (QED) is 0.833. The topological polar surface area (TPSA) is 41.1 Å². The normalized spacial score (nSPS) is 19.6. The maximum Gasteiger partial charge on any atom is 0.239 e. The van der Waals surface area contributed by atoms with Crippen LogP contribution in [0, 0.1) is 0 Å². The monoisotopic (exact) mass is 242 g/mol. The summed E-state index contributed by atoms with van der Waals surface area (Å²) in [7, 11) is 1.83. The van der Waals surface area contributed by atoms with Gasteiger partial charge in [-0.1, -0.05) is 17.7 Å². The second-order valence-electron chi connectivity index (χ2n) is 3.27. The van der Waals surface area contributed by atoms with Crippen LogP contribution in [-0.4, -0.2) is 24.7 Å². The SMILES string of the molecule is CNCC1Sc2cccc(Cl)c2NC1=O. The van der Waals surface area contributed by atoms with Crippen LogP contribution in [0.25, 0.3) is 0 Å². The second kappa shape index (κ2) is 4.43. The molecule has 80 valence electrons. The molecule has 1 atom stereocenters. The summed E-state index contributed by atoms with van der Waals surface area (Å²) in [6, 6.07) is 5.63. The Bertz CT molecular complexity index is 397. The lowest BCUT2D eigenvalue weighted by Gasteiger charge is -2.24. The molecule has 0 aromatic heterocycles. The van der Waals surface area contributed by atoms with Gasteiger partial charge in [0.25, 0.3) is 0 Å². The summed E-state index contributed by atoms with van der Waals surface area (Å²) in [6.45, 7) is 0.655. The van der Waals surface area contributed by atoms with Crippen molar-refractivity contribution >= 4 is 35.0 Å². The molecule has 0 spiro atoms. The summed E-state index contributed by atoms with van der Waals surface area (Å²) in [5, 5.41) is 6.34. The molecule has 0 bridgehead atoms. The van der Waals surface area contributed by atoms with Gasteiger partial charge in [-0.05, 0) is 19.2 Å². The van der Waals surface area contributed by atoms with Gasteiger partial charge in [-0.2, -0.15) is 0 Å². The molecule has 2 N–H and O–H groups in total. The number of halogens is 1. The van der Waals surface area contributed by atoms with E-state index in [9.17, 15) is 4.79 Å². The number of anilines is 1. The van der Waals surface area contributed by atoms with Crippen LogP contribution < -0.4 is 10.6 Å². The summed E-state index contributed by atoms with van der Waals surface area (Å²) in [5.74, 6) is 0.00921. The zero-order valence-electron chi connectivity index (χ0n) is 8.21. The predicted molar refractivity (Wildman–Crippen MR) is 63.7 cm³/mol. The molecular formula is C10H11ClN2OS. The van der Waals surface area contributed by atoms with Crippen LogP contribution in [-0.2, 0) is 4.79 Å². The van der Waals surface area contributed by atoms with E-state index in [2.05, 4.69) is 10.6 Å². The third-order valence-electron chi connectivity index (χ3n) is 2.17. The predicted octanol–water partition coefficient (Wildman–Crippen LogP) is 1.97. The van der Waals surface area contributed by atoms with Crippen LogP contribution in [0.4, 0.5) is 5.69 Å². The van der Waals surface area contributed by atoms with E-state index in [4.69, 9.17) is 11.6 Å². The van der Waals surface area contributed by atoms with Crippen LogP contribution in [0.15, 0.2) is 23.1 Å². The molecule has 2 rings (SSSR count). The molecule has 1 unspecified atom stereocenters. The minimum absolute atomic E-state index is 0.00921. The number of hydrogen-bond acceptors (Lipinski definition) is 3. The molecule has 0 aliphatic carbocycles. The number of carbonyl (C=O) groups is 1. The van der Waals surface area contributed by atoms with Crippen molar-refractivity contribution in [1.82, 2.24) is 5.32 Å². The molecule has 0 saturated carbocycles. The molecule has 1 aromatic carbocycles. The van der Waals surface area contributed by atoms with Crippen LogP contribution >= 0.6 is 23.4 Å². The van der Waals surface area contributed by atoms with Gasteiger partial charge in [0, 0.05) is 11.4 Å². The smallest absolute Gasteiger partial charge is 0.239 e. The minimum atomic E-state index is -0.0824. The van der Waals surface area contributed by atoms with Gasteiger partial charge in [-0.15, -0.1) is 11.8 Å². The highest BCUT2D eigenvalue weighted by molar-refractivity contribution is 8.01. The summed E-state index contributed by atoms with van der Waals surface area (Å²) < 4.78 is 0. The number of hydrogen-bond donors (Lipinski definition) is 2. The zero-order valence-corrected chi connectivity index (χ0v) is 9.78. The molecule has 15 heavy (non-hydrogen) atoms. The molecule has 3 nitrogen and oxygen atoms in total. The van der Waals surface area contributed by atoms with Crippen molar-refractivity contribution in [1.29, 1.82) is 0 Å². The third kappa shape index (κ3) is 2.12. The van der Waals surface area contributed by atoms with Crippen LogP contribution in [0.2, 0.25) is 5.02 Å². The zero-order chi connectivity index (χ0) is 10.8. The van der Waals surface area contributed by atoms with Crippen molar-refractivity contribution in [3.05, 3.63) is 23.2 Å². The van der Waals surface area contributed by atoms with E-state index in [-0.39, 0.29) is 11.2 Å². The Morgan fingerprint density at radius 2 is 2.40 bits per heavy atom. The second-order valence-corrected chi connectivity index (χ2v) is 4.92. The van der Waals surface area contributed by atoms with Gasteiger partial charge in [-0.3, -0.25) is 4.79 Å². The van der Waals surface area contributed by atoms with Gasteiger partial charge in [0.15, 0.2) is 0 Å². The lowest BCUT2D eigenvalue weighted by atomic mass is 10.3. The maximum atomic E-state index is 11.7. The Kier molecular flexibility index (Phi) is 3.19. The Labute approximate surface area is 97.6 Å². The Morgan fingerprint density at radius 1 is 1.60 bits per heavy atom. The highest BCUT2D eigenvalue weighted by Gasteiger charge is 2.27. The van der Waals surface area contributed by atoms with Gasteiger partial charge in [0.1, 0.15) is 5.25 Å². The van der Waals surface area contributed by atoms with Gasteiger partial charge in [-0.25, -0.2) is 0 Å². The fourth-order valence-corrected chi connectivity index (χ4v) is 2.89. The molecule has 0 fully saturated rings. The van der Waals surface area contributed by atoms with Crippen LogP contribution in [0.1, 0.15) is 0 Å². The number of fused-ring (bicyclic) bond motifs is 1. The molecule has 1 aromatic rings. The Hall–Kier alpha value is -0.710. The van der Waals surface area contributed by atoms with Gasteiger partial charge in [0.2, 0.25) is 5.91 Å². The Morgan fingerprint density at radius 3 is 3.13 bits per heavy atom. The van der Waals surface area contributed by atoms with Crippen molar-refractivity contribution in [3.8, 4) is 0 Å². The molecule has 0 radical (unpaired) electrons. The molecule has 1 aliphatic rings. The number of nitrogens with one attached hydrogen (secondary N) is 2. The largest absolute Gasteiger partial charge is 0.323 e. The fourth-order valence-electron chi connectivity index (χ4n) is 1.45. The first-order valence-corrected chi connectivity index (χ1v) is 5.89. The standard InChI is InChI=1S/C10H11ClN2OS/c1-12-5-8-10(14)13-9-6(11)3-2-4-7(9)15-8/h2-4,8,12H,5H2,1H3,(H,13,14). The first kappa shape index (κ1) is 10.8. The van der Waals surface area contributed by atoms with Crippen molar-refractivity contribution in [3.63, 3.8) is 0 Å². The summed E-state index contributed by atoms with van der Waals surface area (Å²) in [5.41, 5.74) is 0.738. The van der Waals surface area contributed by atoms with Gasteiger partial charge in [0.05, 0.1) is 10.7 Å². The van der Waals surface area contributed by atoms with Crippen molar-refractivity contribution in [2.45, 2.75) is 10.1 Å². The average Bonchev–Trinajstić information content (AvgIpc) is 2.21. The summed E-state index contributed by atoms with van der Waals surface area (Å²) in [4.78, 5) is 12.7. The summed E-state index contributed by atoms with van der Waals surface area (Å²) >= 11 is 7.53. The van der Waals surface area contributed by atoms with E-state index in [0.29, 0.717) is 11.6 Å².